The number of carbonyl (C=O) groups is 5. The van der Waals surface area contributed by atoms with Crippen molar-refractivity contribution < 1.29 is 28.7 Å². The normalized spacial score (nSPS) is 18.1. The van der Waals surface area contributed by atoms with Crippen molar-refractivity contribution in [1.82, 2.24) is 15.2 Å². The van der Waals surface area contributed by atoms with Gasteiger partial charge in [-0.15, -0.1) is 0 Å². The highest BCUT2D eigenvalue weighted by atomic mass is 16.5. The number of anilines is 1. The highest BCUT2D eigenvalue weighted by Gasteiger charge is 2.46. The van der Waals surface area contributed by atoms with E-state index in [1.807, 2.05) is 0 Å². The van der Waals surface area contributed by atoms with E-state index in [2.05, 4.69) is 15.6 Å². The van der Waals surface area contributed by atoms with Gasteiger partial charge in [-0.3, -0.25) is 34.2 Å². The number of imide groups is 2. The van der Waals surface area contributed by atoms with Crippen molar-refractivity contribution in [3.8, 4) is 0 Å². The van der Waals surface area contributed by atoms with Gasteiger partial charge in [0.15, 0.2) is 0 Å². The molecule has 2 N–H and O–H groups in total. The van der Waals surface area contributed by atoms with Crippen LogP contribution in [0.5, 0.6) is 0 Å². The Morgan fingerprint density at radius 3 is 2.77 bits per heavy atom. The van der Waals surface area contributed by atoms with Gasteiger partial charge < -0.3 is 10.1 Å². The molecular weight excluding hydrogens is 404 g/mol. The zero-order valence-electron chi connectivity index (χ0n) is 16.5. The van der Waals surface area contributed by atoms with Gasteiger partial charge in [-0.05, 0) is 36.2 Å². The lowest BCUT2D eigenvalue weighted by molar-refractivity contribution is -0.136. The maximum Gasteiger partial charge on any atom is 0.263 e. The van der Waals surface area contributed by atoms with E-state index >= 15 is 0 Å². The fraction of sp³-hybridized carbons (Fsp3) is 0.238. The lowest BCUT2D eigenvalue weighted by Gasteiger charge is -2.27. The second-order valence-corrected chi connectivity index (χ2v) is 7.11. The number of aromatic nitrogens is 1. The van der Waals surface area contributed by atoms with Crippen LogP contribution in [0.25, 0.3) is 0 Å². The average molecular weight is 422 g/mol. The number of hydrogen-bond donors (Lipinski definition) is 2. The van der Waals surface area contributed by atoms with Crippen LogP contribution in [0.3, 0.4) is 0 Å². The van der Waals surface area contributed by atoms with Gasteiger partial charge in [-0.1, -0.05) is 6.07 Å². The fourth-order valence-electron chi connectivity index (χ4n) is 3.69. The van der Waals surface area contributed by atoms with Crippen molar-refractivity contribution in [3.05, 3.63) is 58.8 Å². The molecular formula is C21H18N4O6. The van der Waals surface area contributed by atoms with Gasteiger partial charge in [0, 0.05) is 19.7 Å². The zero-order chi connectivity index (χ0) is 22.1. The fourth-order valence-corrected chi connectivity index (χ4v) is 3.69. The summed E-state index contributed by atoms with van der Waals surface area (Å²) in [7, 11) is 1.54. The van der Waals surface area contributed by atoms with Crippen molar-refractivity contribution in [3.63, 3.8) is 0 Å². The molecule has 5 amide bonds. The minimum Gasteiger partial charge on any atom is -0.380 e. The number of rotatable bonds is 5. The van der Waals surface area contributed by atoms with Crippen LogP contribution in [-0.4, -0.2) is 52.6 Å². The van der Waals surface area contributed by atoms with E-state index in [1.54, 1.807) is 19.2 Å². The Hall–Kier alpha value is -3.92. The number of amides is 5. The SMILES string of the molecule is COCc1ccnc(NC(=O)c2cccc3c2C(=O)N(C2CCC(=O)NC2=O)C3=O)c1. The first-order valence-corrected chi connectivity index (χ1v) is 9.50. The Morgan fingerprint density at radius 1 is 1.23 bits per heavy atom. The van der Waals surface area contributed by atoms with Crippen LogP contribution >= 0.6 is 0 Å². The minimum atomic E-state index is -1.10. The topological polar surface area (TPSA) is 135 Å². The third-order valence-electron chi connectivity index (χ3n) is 5.09. The molecule has 0 aliphatic carbocycles. The lowest BCUT2D eigenvalue weighted by atomic mass is 10.0. The third kappa shape index (κ3) is 3.68. The van der Waals surface area contributed by atoms with Crippen LogP contribution in [-0.2, 0) is 20.9 Å². The summed E-state index contributed by atoms with van der Waals surface area (Å²) in [5, 5.41) is 4.76. The van der Waals surface area contributed by atoms with Crippen molar-refractivity contribution in [2.75, 3.05) is 12.4 Å². The molecule has 1 aromatic heterocycles. The van der Waals surface area contributed by atoms with Gasteiger partial charge in [-0.25, -0.2) is 4.98 Å². The largest absolute Gasteiger partial charge is 0.380 e. The Kier molecular flexibility index (Phi) is 5.30. The van der Waals surface area contributed by atoms with E-state index in [0.717, 1.165) is 10.5 Å². The van der Waals surface area contributed by atoms with Crippen LogP contribution in [0.15, 0.2) is 36.5 Å². The number of methoxy groups -OCH3 is 1. The molecule has 1 aromatic carbocycles. The van der Waals surface area contributed by atoms with Gasteiger partial charge in [0.1, 0.15) is 11.9 Å². The summed E-state index contributed by atoms with van der Waals surface area (Å²) >= 11 is 0. The number of hydrogen-bond acceptors (Lipinski definition) is 7. The Morgan fingerprint density at radius 2 is 2.03 bits per heavy atom. The van der Waals surface area contributed by atoms with Gasteiger partial charge in [0.2, 0.25) is 11.8 Å². The molecule has 1 saturated heterocycles. The maximum absolute atomic E-state index is 13.1. The molecule has 10 nitrogen and oxygen atoms in total. The Balaban J connectivity index is 1.63. The predicted molar refractivity (Wildman–Crippen MR) is 106 cm³/mol. The Labute approximate surface area is 176 Å². The van der Waals surface area contributed by atoms with Gasteiger partial charge in [-0.2, -0.15) is 0 Å². The van der Waals surface area contributed by atoms with Crippen molar-refractivity contribution in [2.45, 2.75) is 25.5 Å². The van der Waals surface area contributed by atoms with Gasteiger partial charge >= 0.3 is 0 Å². The summed E-state index contributed by atoms with van der Waals surface area (Å²) < 4.78 is 5.06. The molecule has 3 heterocycles. The standard InChI is InChI=1S/C21H18N4O6/c1-31-10-11-7-8-22-15(9-11)23-18(27)12-3-2-4-13-17(12)21(30)25(20(13)29)14-5-6-16(26)24-19(14)28/h2-4,7-9,14H,5-6,10H2,1H3,(H,22,23,27)(H,24,26,28). The number of carbonyl (C=O) groups excluding carboxylic acids is 5. The first-order valence-electron chi connectivity index (χ1n) is 9.50. The van der Waals surface area contributed by atoms with E-state index in [-0.39, 0.29) is 35.3 Å². The molecule has 0 radical (unpaired) electrons. The van der Waals surface area contributed by atoms with Crippen molar-refractivity contribution >= 4 is 35.4 Å². The molecule has 0 saturated carbocycles. The Bertz CT molecular complexity index is 1130. The molecule has 2 aliphatic rings. The number of fused-ring (bicyclic) bond motifs is 1. The first kappa shape index (κ1) is 20.4. The number of nitrogens with one attached hydrogen (secondary N) is 2. The van der Waals surface area contributed by atoms with Crippen LogP contribution in [0.4, 0.5) is 5.82 Å². The van der Waals surface area contributed by atoms with Gasteiger partial charge in [0.05, 0.1) is 23.3 Å². The summed E-state index contributed by atoms with van der Waals surface area (Å²) in [4.78, 5) is 67.4. The molecule has 0 spiro atoms. The van der Waals surface area contributed by atoms with Crippen LogP contribution in [0, 0.1) is 0 Å². The van der Waals surface area contributed by atoms with Crippen LogP contribution in [0.1, 0.15) is 49.5 Å². The zero-order valence-corrected chi connectivity index (χ0v) is 16.5. The maximum atomic E-state index is 13.1. The molecule has 4 rings (SSSR count). The number of benzene rings is 1. The molecule has 2 aromatic rings. The summed E-state index contributed by atoms with van der Waals surface area (Å²) in [5.74, 6) is -2.95. The number of pyridine rings is 1. The molecule has 10 heteroatoms. The lowest BCUT2D eigenvalue weighted by Crippen LogP contribution is -2.54. The minimum absolute atomic E-state index is 0.00964. The first-order chi connectivity index (χ1) is 14.9. The molecule has 2 aliphatic heterocycles. The summed E-state index contributed by atoms with van der Waals surface area (Å²) in [6.07, 6.45) is 1.56. The molecule has 31 heavy (non-hydrogen) atoms. The molecule has 0 bridgehead atoms. The van der Waals surface area contributed by atoms with Crippen molar-refractivity contribution in [1.29, 1.82) is 0 Å². The number of nitrogens with zero attached hydrogens (tertiary/aromatic N) is 2. The monoisotopic (exact) mass is 422 g/mol. The van der Waals surface area contributed by atoms with E-state index in [1.165, 1.54) is 24.4 Å². The highest BCUT2D eigenvalue weighted by Crippen LogP contribution is 2.30. The molecule has 158 valence electrons. The predicted octanol–water partition coefficient (Wildman–Crippen LogP) is 0.881. The second kappa shape index (κ2) is 8.07. The smallest absolute Gasteiger partial charge is 0.263 e. The summed E-state index contributed by atoms with van der Waals surface area (Å²) in [5.41, 5.74) is 0.733. The van der Waals surface area contributed by atoms with E-state index in [9.17, 15) is 24.0 Å². The number of ether oxygens (including phenoxy) is 1. The highest BCUT2D eigenvalue weighted by molar-refractivity contribution is 6.27. The van der Waals surface area contributed by atoms with Crippen LogP contribution in [0.2, 0.25) is 0 Å². The number of piperidine rings is 1. The quantitative estimate of drug-likeness (QED) is 0.683. The van der Waals surface area contributed by atoms with E-state index in [4.69, 9.17) is 4.74 Å². The molecule has 1 unspecified atom stereocenters. The third-order valence-corrected chi connectivity index (χ3v) is 5.09. The molecule has 1 atom stereocenters. The van der Waals surface area contributed by atoms with E-state index < -0.39 is 35.6 Å². The van der Waals surface area contributed by atoms with Crippen LogP contribution < -0.4 is 10.6 Å². The average Bonchev–Trinajstić information content (AvgIpc) is 2.99. The summed E-state index contributed by atoms with van der Waals surface area (Å²) in [6, 6.07) is 6.60. The second-order valence-electron chi connectivity index (χ2n) is 7.11. The van der Waals surface area contributed by atoms with E-state index in [0.29, 0.717) is 6.61 Å². The van der Waals surface area contributed by atoms with Gasteiger partial charge in [0.25, 0.3) is 17.7 Å². The van der Waals surface area contributed by atoms with Crippen molar-refractivity contribution in [2.24, 2.45) is 0 Å². The molecule has 1 fully saturated rings. The summed E-state index contributed by atoms with van der Waals surface area (Å²) in [6.45, 7) is 0.333.